The van der Waals surface area contributed by atoms with Gasteiger partial charge in [-0.3, -0.25) is 4.79 Å². The van der Waals surface area contributed by atoms with E-state index in [-0.39, 0.29) is 11.9 Å². The Labute approximate surface area is 130 Å². The second kappa shape index (κ2) is 6.79. The smallest absolute Gasteiger partial charge is 0.254 e. The highest BCUT2D eigenvalue weighted by Crippen LogP contribution is 2.24. The van der Waals surface area contributed by atoms with Gasteiger partial charge in [-0.1, -0.05) is 23.2 Å². The van der Waals surface area contributed by atoms with Crippen molar-refractivity contribution in [1.29, 1.82) is 0 Å². The Kier molecular flexibility index (Phi) is 5.30. The van der Waals surface area contributed by atoms with Crippen molar-refractivity contribution < 1.29 is 4.79 Å². The number of nitrogens with zero attached hydrogens (tertiary/aromatic N) is 1. The summed E-state index contributed by atoms with van der Waals surface area (Å²) in [5, 5.41) is 4.31. The maximum Gasteiger partial charge on any atom is 0.254 e. The topological polar surface area (TPSA) is 32.3 Å². The highest BCUT2D eigenvalue weighted by molar-refractivity contribution is 6.42. The van der Waals surface area contributed by atoms with Crippen LogP contribution in [-0.2, 0) is 0 Å². The van der Waals surface area contributed by atoms with Crippen LogP contribution in [0, 0.1) is 0 Å². The lowest BCUT2D eigenvalue weighted by Crippen LogP contribution is -2.44. The third kappa shape index (κ3) is 3.66. The van der Waals surface area contributed by atoms with Crippen LogP contribution < -0.4 is 5.32 Å². The molecule has 0 saturated carbocycles. The van der Waals surface area contributed by atoms with Gasteiger partial charge in [0.2, 0.25) is 0 Å². The maximum atomic E-state index is 12.6. The van der Waals surface area contributed by atoms with Crippen molar-refractivity contribution in [1.82, 2.24) is 10.2 Å². The Balaban J connectivity index is 2.15. The van der Waals surface area contributed by atoms with E-state index < -0.39 is 0 Å². The summed E-state index contributed by atoms with van der Waals surface area (Å²) in [5.74, 6) is 0.00673. The number of hydrogen-bond donors (Lipinski definition) is 1. The first-order valence-corrected chi connectivity index (χ1v) is 7.74. The van der Waals surface area contributed by atoms with Crippen molar-refractivity contribution in [2.24, 2.45) is 0 Å². The van der Waals surface area contributed by atoms with Gasteiger partial charge < -0.3 is 10.2 Å². The Bertz CT molecular complexity index is 485. The van der Waals surface area contributed by atoms with Crippen LogP contribution >= 0.6 is 23.2 Å². The van der Waals surface area contributed by atoms with Gasteiger partial charge in [-0.25, -0.2) is 0 Å². The van der Waals surface area contributed by atoms with Gasteiger partial charge in [0.25, 0.3) is 5.91 Å². The zero-order valence-corrected chi connectivity index (χ0v) is 13.3. The standard InChI is InChI=1S/C15H20Cl2N2O/c1-10(2)19(9-12-4-3-7-18-12)15(20)11-5-6-13(16)14(17)8-11/h5-6,8,10,12,18H,3-4,7,9H2,1-2H3. The molecule has 0 aromatic heterocycles. The van der Waals surface area contributed by atoms with Gasteiger partial charge in [-0.2, -0.15) is 0 Å². The lowest BCUT2D eigenvalue weighted by atomic mass is 10.1. The fourth-order valence-electron chi connectivity index (χ4n) is 2.47. The molecule has 1 saturated heterocycles. The normalized spacial score (nSPS) is 18.6. The molecule has 1 aliphatic heterocycles. The maximum absolute atomic E-state index is 12.6. The molecule has 1 atom stereocenters. The van der Waals surface area contributed by atoms with Crippen molar-refractivity contribution >= 4 is 29.1 Å². The molecular formula is C15H20Cl2N2O. The first kappa shape index (κ1) is 15.6. The summed E-state index contributed by atoms with van der Waals surface area (Å²) in [6.07, 6.45) is 2.30. The van der Waals surface area contributed by atoms with Crippen molar-refractivity contribution in [3.8, 4) is 0 Å². The van der Waals surface area contributed by atoms with Crippen molar-refractivity contribution in [3.63, 3.8) is 0 Å². The lowest BCUT2D eigenvalue weighted by Gasteiger charge is -2.29. The minimum Gasteiger partial charge on any atom is -0.335 e. The molecule has 0 aliphatic carbocycles. The SMILES string of the molecule is CC(C)N(CC1CCCN1)C(=O)c1ccc(Cl)c(Cl)c1. The summed E-state index contributed by atoms with van der Waals surface area (Å²) in [4.78, 5) is 14.5. The fraction of sp³-hybridized carbons (Fsp3) is 0.533. The molecule has 0 spiro atoms. The first-order chi connectivity index (χ1) is 9.49. The van der Waals surface area contributed by atoms with E-state index in [9.17, 15) is 4.79 Å². The minimum absolute atomic E-state index is 0.00673. The van der Waals surface area contributed by atoms with Gasteiger partial charge in [0.1, 0.15) is 0 Å². The third-order valence-corrected chi connectivity index (χ3v) is 4.37. The summed E-state index contributed by atoms with van der Waals surface area (Å²) in [6.45, 7) is 5.84. The number of carbonyl (C=O) groups excluding carboxylic acids is 1. The van der Waals surface area contributed by atoms with Crippen molar-refractivity contribution in [2.75, 3.05) is 13.1 Å². The quantitative estimate of drug-likeness (QED) is 0.921. The Morgan fingerprint density at radius 3 is 2.70 bits per heavy atom. The molecule has 3 nitrogen and oxygen atoms in total. The molecule has 2 rings (SSSR count). The second-order valence-electron chi connectivity index (χ2n) is 5.47. The Morgan fingerprint density at radius 2 is 2.15 bits per heavy atom. The van der Waals surface area contributed by atoms with Crippen LogP contribution in [0.3, 0.4) is 0 Å². The van der Waals surface area contributed by atoms with E-state index in [1.165, 1.54) is 6.42 Å². The monoisotopic (exact) mass is 314 g/mol. The van der Waals surface area contributed by atoms with Gasteiger partial charge in [0.15, 0.2) is 0 Å². The predicted molar refractivity (Wildman–Crippen MR) is 83.7 cm³/mol. The molecular weight excluding hydrogens is 295 g/mol. The third-order valence-electron chi connectivity index (χ3n) is 3.63. The molecule has 5 heteroatoms. The van der Waals surface area contributed by atoms with Crippen LogP contribution in [0.4, 0.5) is 0 Å². The predicted octanol–water partition coefficient (Wildman–Crippen LogP) is 3.60. The summed E-state index contributed by atoms with van der Waals surface area (Å²) in [6, 6.07) is 5.59. The van der Waals surface area contributed by atoms with E-state index in [1.807, 2.05) is 18.7 Å². The Morgan fingerprint density at radius 1 is 1.40 bits per heavy atom. The average molecular weight is 315 g/mol. The van der Waals surface area contributed by atoms with Crippen LogP contribution in [0.2, 0.25) is 10.0 Å². The number of halogens is 2. The molecule has 1 aromatic rings. The molecule has 1 aromatic carbocycles. The van der Waals surface area contributed by atoms with Gasteiger partial charge in [-0.05, 0) is 51.4 Å². The molecule has 20 heavy (non-hydrogen) atoms. The summed E-state index contributed by atoms with van der Waals surface area (Å²) in [7, 11) is 0. The average Bonchev–Trinajstić information content (AvgIpc) is 2.91. The van der Waals surface area contributed by atoms with E-state index in [1.54, 1.807) is 18.2 Å². The number of amides is 1. The van der Waals surface area contributed by atoms with Gasteiger partial charge in [0, 0.05) is 24.2 Å². The van der Waals surface area contributed by atoms with Crippen molar-refractivity contribution in [3.05, 3.63) is 33.8 Å². The molecule has 0 radical (unpaired) electrons. The highest BCUT2D eigenvalue weighted by atomic mass is 35.5. The summed E-state index contributed by atoms with van der Waals surface area (Å²) < 4.78 is 0. The van der Waals surface area contributed by atoms with Crippen molar-refractivity contribution in [2.45, 2.75) is 38.8 Å². The number of carbonyl (C=O) groups is 1. The van der Waals surface area contributed by atoms with E-state index in [4.69, 9.17) is 23.2 Å². The molecule has 1 N–H and O–H groups in total. The Hall–Kier alpha value is -0.770. The first-order valence-electron chi connectivity index (χ1n) is 6.98. The van der Waals surface area contributed by atoms with Crippen LogP contribution in [-0.4, -0.2) is 36.0 Å². The van der Waals surface area contributed by atoms with E-state index in [0.717, 1.165) is 19.5 Å². The van der Waals surface area contributed by atoms with E-state index in [0.29, 0.717) is 21.7 Å². The zero-order chi connectivity index (χ0) is 14.7. The molecule has 1 fully saturated rings. The number of hydrogen-bond acceptors (Lipinski definition) is 2. The second-order valence-corrected chi connectivity index (χ2v) is 6.29. The molecule has 0 bridgehead atoms. The van der Waals surface area contributed by atoms with E-state index in [2.05, 4.69) is 5.32 Å². The molecule has 1 aliphatic rings. The largest absolute Gasteiger partial charge is 0.335 e. The molecule has 1 heterocycles. The molecule has 1 unspecified atom stereocenters. The lowest BCUT2D eigenvalue weighted by molar-refractivity contribution is 0.0689. The summed E-state index contributed by atoms with van der Waals surface area (Å²) >= 11 is 11.9. The van der Waals surface area contributed by atoms with Crippen LogP contribution in [0.15, 0.2) is 18.2 Å². The minimum atomic E-state index is 0.00673. The van der Waals surface area contributed by atoms with Gasteiger partial charge in [0.05, 0.1) is 10.0 Å². The fourth-order valence-corrected chi connectivity index (χ4v) is 2.77. The number of nitrogens with one attached hydrogen (secondary N) is 1. The molecule has 110 valence electrons. The van der Waals surface area contributed by atoms with Crippen LogP contribution in [0.5, 0.6) is 0 Å². The van der Waals surface area contributed by atoms with Gasteiger partial charge >= 0.3 is 0 Å². The number of rotatable bonds is 4. The molecule has 1 amide bonds. The van der Waals surface area contributed by atoms with E-state index >= 15 is 0 Å². The highest BCUT2D eigenvalue weighted by Gasteiger charge is 2.24. The summed E-state index contributed by atoms with van der Waals surface area (Å²) in [5.41, 5.74) is 0.589. The number of benzene rings is 1. The van der Waals surface area contributed by atoms with Gasteiger partial charge in [-0.15, -0.1) is 0 Å². The zero-order valence-electron chi connectivity index (χ0n) is 11.8. The van der Waals surface area contributed by atoms with Crippen LogP contribution in [0.25, 0.3) is 0 Å². The van der Waals surface area contributed by atoms with Crippen LogP contribution in [0.1, 0.15) is 37.0 Å².